The number of hydrogen-bond donors (Lipinski definition) is 1. The van der Waals surface area contributed by atoms with Gasteiger partial charge in [-0.05, 0) is 43.9 Å². The molecule has 134 valence electrons. The maximum Gasteiger partial charge on any atom is 0.414 e. The first-order valence-electron chi connectivity index (χ1n) is 9.61. The Bertz CT molecular complexity index is 687. The molecule has 4 fully saturated rings. The van der Waals surface area contributed by atoms with Gasteiger partial charge in [0.15, 0.2) is 0 Å². The molecule has 1 aromatic rings. The second kappa shape index (κ2) is 5.71. The molecule has 1 spiro atoms. The molecule has 0 radical (unpaired) electrons. The summed E-state index contributed by atoms with van der Waals surface area (Å²) >= 11 is 0. The average Bonchev–Trinajstić information content (AvgIpc) is 3.18. The van der Waals surface area contributed by atoms with E-state index < -0.39 is 0 Å². The van der Waals surface area contributed by atoms with E-state index >= 15 is 0 Å². The summed E-state index contributed by atoms with van der Waals surface area (Å²) in [6, 6.07) is 9.14. The minimum atomic E-state index is -0.240. The minimum absolute atomic E-state index is 0.240. The average molecular weight is 342 g/mol. The maximum absolute atomic E-state index is 11.8. The smallest absolute Gasteiger partial charge is 0.414 e. The van der Waals surface area contributed by atoms with Gasteiger partial charge in [0.2, 0.25) is 0 Å². The number of nitrogens with zero attached hydrogens (tertiary/aromatic N) is 1. The zero-order chi connectivity index (χ0) is 17.0. The van der Waals surface area contributed by atoms with Crippen molar-refractivity contribution in [1.82, 2.24) is 5.32 Å². The van der Waals surface area contributed by atoms with Crippen molar-refractivity contribution < 1.29 is 14.3 Å². The molecule has 5 nitrogen and oxygen atoms in total. The molecule has 2 heterocycles. The van der Waals surface area contributed by atoms with Crippen molar-refractivity contribution in [3.05, 3.63) is 29.8 Å². The Hall–Kier alpha value is -1.59. The summed E-state index contributed by atoms with van der Waals surface area (Å²) < 4.78 is 11.1. The molecule has 1 N–H and O–H groups in total. The van der Waals surface area contributed by atoms with Crippen LogP contribution < -0.4 is 10.2 Å². The van der Waals surface area contributed by atoms with Gasteiger partial charge in [0, 0.05) is 35.7 Å². The molecule has 2 saturated heterocycles. The van der Waals surface area contributed by atoms with Crippen molar-refractivity contribution in [2.75, 3.05) is 24.7 Å². The molecular weight excluding hydrogens is 316 g/mol. The Morgan fingerprint density at radius 2 is 2.20 bits per heavy atom. The van der Waals surface area contributed by atoms with Gasteiger partial charge in [-0.3, -0.25) is 4.90 Å². The highest BCUT2D eigenvalue weighted by Gasteiger charge is 2.66. The molecule has 4 aliphatic rings. The van der Waals surface area contributed by atoms with Crippen molar-refractivity contribution in [1.29, 1.82) is 0 Å². The summed E-state index contributed by atoms with van der Waals surface area (Å²) in [6.07, 6.45) is 5.39. The standard InChI is InChI=1S/C20H26N2O3/c1-13(14-4-2-5-15(12-14)22-9-11-25-19(22)23)21-17-16-6-10-24-18(16)20(17)7-3-8-20/h2,4-5,12-13,16-18,21H,3,6-11H2,1H3/t13-,16-,17+,18-/m0/s1. The third-order valence-corrected chi connectivity index (χ3v) is 6.91. The number of rotatable bonds is 4. The Morgan fingerprint density at radius 3 is 2.92 bits per heavy atom. The lowest BCUT2D eigenvalue weighted by atomic mass is 9.46. The highest BCUT2D eigenvalue weighted by molar-refractivity contribution is 5.89. The van der Waals surface area contributed by atoms with Gasteiger partial charge in [-0.15, -0.1) is 0 Å². The molecule has 5 heteroatoms. The Labute approximate surface area is 148 Å². The van der Waals surface area contributed by atoms with Gasteiger partial charge in [0.25, 0.3) is 0 Å². The van der Waals surface area contributed by atoms with Crippen molar-refractivity contribution in [2.45, 2.75) is 50.8 Å². The molecule has 1 amide bonds. The number of carbonyl (C=O) groups excluding carboxylic acids is 1. The van der Waals surface area contributed by atoms with E-state index in [-0.39, 0.29) is 12.1 Å². The summed E-state index contributed by atoms with van der Waals surface area (Å²) in [5.74, 6) is 0.680. The van der Waals surface area contributed by atoms with Gasteiger partial charge < -0.3 is 14.8 Å². The van der Waals surface area contributed by atoms with Crippen LogP contribution in [0.3, 0.4) is 0 Å². The molecule has 2 aliphatic carbocycles. The number of anilines is 1. The van der Waals surface area contributed by atoms with Crippen LogP contribution in [0.15, 0.2) is 24.3 Å². The van der Waals surface area contributed by atoms with E-state index in [9.17, 15) is 4.79 Å². The third kappa shape index (κ3) is 2.25. The lowest BCUT2D eigenvalue weighted by Gasteiger charge is -2.64. The van der Waals surface area contributed by atoms with Crippen LogP contribution in [0.4, 0.5) is 10.5 Å². The van der Waals surface area contributed by atoms with Crippen molar-refractivity contribution >= 4 is 11.8 Å². The lowest BCUT2D eigenvalue weighted by Crippen LogP contribution is -2.71. The molecule has 0 aromatic heterocycles. The van der Waals surface area contributed by atoms with E-state index in [1.807, 2.05) is 12.1 Å². The van der Waals surface area contributed by atoms with Crippen LogP contribution in [0.25, 0.3) is 0 Å². The van der Waals surface area contributed by atoms with Crippen LogP contribution in [0, 0.1) is 11.3 Å². The second-order valence-electron chi connectivity index (χ2n) is 8.06. The fourth-order valence-electron chi connectivity index (χ4n) is 5.45. The number of fused-ring (bicyclic) bond motifs is 2. The highest BCUT2D eigenvalue weighted by atomic mass is 16.6. The Kier molecular flexibility index (Phi) is 3.57. The normalized spacial score (nSPS) is 33.6. The zero-order valence-corrected chi connectivity index (χ0v) is 14.7. The molecule has 1 aromatic carbocycles. The van der Waals surface area contributed by atoms with Gasteiger partial charge >= 0.3 is 6.09 Å². The van der Waals surface area contributed by atoms with Crippen LogP contribution in [-0.4, -0.2) is 38.0 Å². The van der Waals surface area contributed by atoms with E-state index in [4.69, 9.17) is 9.47 Å². The number of hydrogen-bond acceptors (Lipinski definition) is 4. The quantitative estimate of drug-likeness (QED) is 0.912. The minimum Gasteiger partial charge on any atom is -0.447 e. The fourth-order valence-corrected chi connectivity index (χ4v) is 5.45. The summed E-state index contributed by atoms with van der Waals surface area (Å²) in [4.78, 5) is 13.5. The van der Waals surface area contributed by atoms with E-state index in [1.54, 1.807) is 4.90 Å². The van der Waals surface area contributed by atoms with Crippen LogP contribution in [0.1, 0.15) is 44.2 Å². The van der Waals surface area contributed by atoms with Crippen molar-refractivity contribution in [3.8, 4) is 0 Å². The molecule has 2 aliphatic heterocycles. The number of carbonyl (C=O) groups is 1. The SMILES string of the molecule is C[C@H](N[C@@H]1[C@@H]2CCO[C@@H]2C12CCC2)c1cccc(N2CCOC2=O)c1. The zero-order valence-electron chi connectivity index (χ0n) is 14.7. The van der Waals surface area contributed by atoms with Crippen LogP contribution in [0.2, 0.25) is 0 Å². The van der Waals surface area contributed by atoms with Crippen LogP contribution in [0.5, 0.6) is 0 Å². The third-order valence-electron chi connectivity index (χ3n) is 6.91. The summed E-state index contributed by atoms with van der Waals surface area (Å²) in [7, 11) is 0. The predicted molar refractivity (Wildman–Crippen MR) is 94.6 cm³/mol. The largest absolute Gasteiger partial charge is 0.447 e. The predicted octanol–water partition coefficient (Wildman–Crippen LogP) is 3.25. The topological polar surface area (TPSA) is 50.8 Å². The van der Waals surface area contributed by atoms with E-state index in [0.717, 1.165) is 12.3 Å². The number of benzene rings is 1. The van der Waals surface area contributed by atoms with Crippen LogP contribution >= 0.6 is 0 Å². The van der Waals surface area contributed by atoms with Gasteiger partial charge in [0.1, 0.15) is 6.61 Å². The Morgan fingerprint density at radius 1 is 1.32 bits per heavy atom. The van der Waals surface area contributed by atoms with Crippen molar-refractivity contribution in [2.24, 2.45) is 11.3 Å². The maximum atomic E-state index is 11.8. The molecule has 0 bridgehead atoms. The fraction of sp³-hybridized carbons (Fsp3) is 0.650. The van der Waals surface area contributed by atoms with Crippen molar-refractivity contribution in [3.63, 3.8) is 0 Å². The van der Waals surface area contributed by atoms with Gasteiger partial charge in [-0.25, -0.2) is 4.79 Å². The first-order chi connectivity index (χ1) is 12.2. The molecule has 0 unspecified atom stereocenters. The first-order valence-corrected chi connectivity index (χ1v) is 9.61. The van der Waals surface area contributed by atoms with E-state index in [0.29, 0.717) is 36.6 Å². The second-order valence-corrected chi connectivity index (χ2v) is 8.06. The summed E-state index contributed by atoms with van der Waals surface area (Å²) in [6.45, 7) is 4.27. The van der Waals surface area contributed by atoms with Gasteiger partial charge in [-0.1, -0.05) is 18.6 Å². The number of amides is 1. The van der Waals surface area contributed by atoms with E-state index in [2.05, 4.69) is 24.4 Å². The number of cyclic esters (lactones) is 1. The monoisotopic (exact) mass is 342 g/mol. The van der Waals surface area contributed by atoms with Gasteiger partial charge in [0.05, 0.1) is 12.6 Å². The molecule has 25 heavy (non-hydrogen) atoms. The van der Waals surface area contributed by atoms with E-state index in [1.165, 1.54) is 31.2 Å². The summed E-state index contributed by atoms with van der Waals surface area (Å²) in [5.41, 5.74) is 2.56. The molecule has 2 saturated carbocycles. The molecule has 4 atom stereocenters. The highest BCUT2D eigenvalue weighted by Crippen LogP contribution is 2.63. The lowest BCUT2D eigenvalue weighted by molar-refractivity contribution is -0.178. The van der Waals surface area contributed by atoms with Crippen LogP contribution in [-0.2, 0) is 9.47 Å². The summed E-state index contributed by atoms with van der Waals surface area (Å²) in [5, 5.41) is 3.91. The molecule has 5 rings (SSSR count). The first kappa shape index (κ1) is 15.6. The number of nitrogens with one attached hydrogen (secondary N) is 1. The number of ether oxygens (including phenoxy) is 2. The molecular formula is C20H26N2O3. The Balaban J connectivity index is 1.33. The van der Waals surface area contributed by atoms with Gasteiger partial charge in [-0.2, -0.15) is 0 Å².